The number of nitrogens with one attached hydrogen (secondary N) is 1. The monoisotopic (exact) mass is 472 g/mol. The van der Waals surface area contributed by atoms with E-state index in [0.717, 1.165) is 53.0 Å². The minimum absolute atomic E-state index is 0.171. The first-order valence-corrected chi connectivity index (χ1v) is 12.2. The van der Waals surface area contributed by atoms with Crippen LogP contribution in [0.4, 0.5) is 16.2 Å². The van der Waals surface area contributed by atoms with Crippen LogP contribution in [-0.4, -0.2) is 27.9 Å². The smallest absolute Gasteiger partial charge is 0.411 e. The lowest BCUT2D eigenvalue weighted by atomic mass is 9.92. The van der Waals surface area contributed by atoms with Gasteiger partial charge in [-0.15, -0.1) is 0 Å². The lowest BCUT2D eigenvalue weighted by Gasteiger charge is -2.30. The van der Waals surface area contributed by atoms with E-state index in [0.29, 0.717) is 18.3 Å². The van der Waals surface area contributed by atoms with E-state index < -0.39 is 6.09 Å². The number of nitrogens with zero attached hydrogens (tertiary/aromatic N) is 2. The van der Waals surface area contributed by atoms with Crippen LogP contribution in [0, 0.1) is 0 Å². The summed E-state index contributed by atoms with van der Waals surface area (Å²) in [5.74, 6) is 0.845. The Kier molecular flexibility index (Phi) is 6.40. The van der Waals surface area contributed by atoms with E-state index in [1.165, 1.54) is 6.42 Å². The summed E-state index contributed by atoms with van der Waals surface area (Å²) in [7, 11) is 0. The number of hydrogen-bond donors (Lipinski definition) is 2. The number of fused-ring (bicyclic) bond motifs is 1. The molecule has 1 aliphatic carbocycles. The van der Waals surface area contributed by atoms with Crippen LogP contribution < -0.4 is 15.8 Å². The molecule has 0 spiro atoms. The molecule has 2 aromatic heterocycles. The van der Waals surface area contributed by atoms with E-state index in [1.807, 2.05) is 68.7 Å². The molecule has 1 saturated carbocycles. The van der Waals surface area contributed by atoms with Gasteiger partial charge >= 0.3 is 6.09 Å². The lowest BCUT2D eigenvalue weighted by Crippen LogP contribution is -2.18. The number of benzene rings is 2. The molecule has 7 nitrogen and oxygen atoms in total. The molecule has 0 bridgehead atoms. The highest BCUT2D eigenvalue weighted by Crippen LogP contribution is 2.44. The molecular weight excluding hydrogens is 440 g/mol. The van der Waals surface area contributed by atoms with Crippen LogP contribution in [0.15, 0.2) is 67.0 Å². The number of ether oxygens (including phenoxy) is 2. The Morgan fingerprint density at radius 1 is 1.11 bits per heavy atom. The number of hydrogen-bond acceptors (Lipinski definition) is 4. The Bertz CT molecular complexity index is 1300. The van der Waals surface area contributed by atoms with Gasteiger partial charge in [-0.05, 0) is 69.5 Å². The average molecular weight is 473 g/mol. The van der Waals surface area contributed by atoms with Crippen LogP contribution in [0.25, 0.3) is 22.2 Å². The highest BCUT2D eigenvalue weighted by molar-refractivity contribution is 6.01. The molecule has 2 heterocycles. The van der Waals surface area contributed by atoms with Crippen molar-refractivity contribution in [3.05, 3.63) is 67.0 Å². The first-order valence-electron chi connectivity index (χ1n) is 12.2. The van der Waals surface area contributed by atoms with Crippen LogP contribution in [0.1, 0.15) is 39.2 Å². The molecule has 5 rings (SSSR count). The Morgan fingerprint density at radius 3 is 2.51 bits per heavy atom. The molecule has 0 unspecified atom stereocenters. The van der Waals surface area contributed by atoms with Crippen LogP contribution in [0.5, 0.6) is 5.75 Å². The number of anilines is 2. The van der Waals surface area contributed by atoms with Crippen molar-refractivity contribution in [2.24, 2.45) is 0 Å². The number of aromatic nitrogens is 2. The molecule has 1 amide bonds. The zero-order valence-electron chi connectivity index (χ0n) is 20.2. The van der Waals surface area contributed by atoms with Gasteiger partial charge in [-0.1, -0.05) is 12.1 Å². The Labute approximate surface area is 205 Å². The van der Waals surface area contributed by atoms with Crippen LogP contribution in [-0.2, 0) is 11.3 Å². The summed E-state index contributed by atoms with van der Waals surface area (Å²) in [5, 5.41) is 3.81. The molecule has 0 radical (unpaired) electrons. The second-order valence-corrected chi connectivity index (χ2v) is 9.32. The van der Waals surface area contributed by atoms with E-state index in [2.05, 4.69) is 26.6 Å². The topological polar surface area (TPSA) is 83.4 Å². The van der Waals surface area contributed by atoms with Gasteiger partial charge in [0.1, 0.15) is 12.4 Å². The third kappa shape index (κ3) is 4.85. The molecular formula is C28H32N4O3. The fourth-order valence-electron chi connectivity index (χ4n) is 4.59. The van der Waals surface area contributed by atoms with Gasteiger partial charge in [0.15, 0.2) is 0 Å². The third-order valence-electron chi connectivity index (χ3n) is 6.49. The van der Waals surface area contributed by atoms with Crippen molar-refractivity contribution in [3.63, 3.8) is 0 Å². The summed E-state index contributed by atoms with van der Waals surface area (Å²) in [4.78, 5) is 11.9. The first kappa shape index (κ1) is 22.9. The van der Waals surface area contributed by atoms with Crippen molar-refractivity contribution < 1.29 is 14.3 Å². The summed E-state index contributed by atoms with van der Waals surface area (Å²) in [6.07, 6.45) is 6.93. The van der Waals surface area contributed by atoms with Crippen molar-refractivity contribution in [2.45, 2.75) is 51.8 Å². The highest BCUT2D eigenvalue weighted by atomic mass is 16.6. The van der Waals surface area contributed by atoms with Crippen molar-refractivity contribution in [1.29, 1.82) is 0 Å². The maximum atomic E-state index is 11.9. The largest absolute Gasteiger partial charge is 0.492 e. The predicted octanol–water partition coefficient (Wildman–Crippen LogP) is 6.45. The maximum absolute atomic E-state index is 11.9. The Hall–Kier alpha value is -3.87. The molecule has 3 N–H and O–H groups in total. The van der Waals surface area contributed by atoms with Crippen LogP contribution in [0.2, 0.25) is 0 Å². The van der Waals surface area contributed by atoms with Crippen molar-refractivity contribution in [3.8, 4) is 17.0 Å². The van der Waals surface area contributed by atoms with Crippen molar-refractivity contribution in [2.75, 3.05) is 17.7 Å². The summed E-state index contributed by atoms with van der Waals surface area (Å²) in [6, 6.07) is 18.4. The quantitative estimate of drug-likeness (QED) is 0.309. The van der Waals surface area contributed by atoms with Gasteiger partial charge in [-0.2, -0.15) is 0 Å². The predicted molar refractivity (Wildman–Crippen MR) is 140 cm³/mol. The number of carbonyl (C=O) groups is 1. The minimum atomic E-state index is -0.458. The summed E-state index contributed by atoms with van der Waals surface area (Å²) in [5.41, 5.74) is 11.3. The van der Waals surface area contributed by atoms with Gasteiger partial charge in [0.2, 0.25) is 0 Å². The SMILES string of the molecule is CC(C)OC(=O)Nc1ccc(-c2c(N)c3ccc(OCCn4cccc4)cc3n2C2CCC2)cc1. The molecule has 0 atom stereocenters. The van der Waals surface area contributed by atoms with Gasteiger partial charge in [-0.25, -0.2) is 4.79 Å². The van der Waals surface area contributed by atoms with E-state index in [9.17, 15) is 4.79 Å². The first-order chi connectivity index (χ1) is 17.0. The maximum Gasteiger partial charge on any atom is 0.411 e. The van der Waals surface area contributed by atoms with Crippen LogP contribution >= 0.6 is 0 Å². The number of nitrogens with two attached hydrogens (primary N) is 1. The number of amides is 1. The zero-order chi connectivity index (χ0) is 24.4. The summed E-state index contributed by atoms with van der Waals surface area (Å²) >= 11 is 0. The lowest BCUT2D eigenvalue weighted by molar-refractivity contribution is 0.130. The molecule has 182 valence electrons. The number of nitrogen functional groups attached to an aromatic ring is 1. The zero-order valence-corrected chi connectivity index (χ0v) is 20.2. The van der Waals surface area contributed by atoms with E-state index in [4.69, 9.17) is 15.2 Å². The summed E-state index contributed by atoms with van der Waals surface area (Å²) in [6.45, 7) is 5.04. The van der Waals surface area contributed by atoms with Gasteiger partial charge in [0.25, 0.3) is 0 Å². The second-order valence-electron chi connectivity index (χ2n) is 9.32. The van der Waals surface area contributed by atoms with E-state index in [1.54, 1.807) is 0 Å². The fraction of sp³-hybridized carbons (Fsp3) is 0.321. The summed E-state index contributed by atoms with van der Waals surface area (Å²) < 4.78 is 15.7. The van der Waals surface area contributed by atoms with E-state index >= 15 is 0 Å². The highest BCUT2D eigenvalue weighted by Gasteiger charge is 2.27. The molecule has 35 heavy (non-hydrogen) atoms. The minimum Gasteiger partial charge on any atom is -0.492 e. The molecule has 7 heteroatoms. The standard InChI is InChI=1S/C28H32N4O3/c1-19(2)35-28(33)30-21-10-8-20(9-11-21)27-26(29)24-13-12-23(34-17-16-31-14-3-4-15-31)18-25(24)32(27)22-6-5-7-22/h3-4,8-15,18-19,22H,5-7,16-17,29H2,1-2H3,(H,30,33). The van der Waals surface area contributed by atoms with Crippen LogP contribution in [0.3, 0.4) is 0 Å². The van der Waals surface area contributed by atoms with Gasteiger partial charge in [0.05, 0.1) is 29.5 Å². The normalized spacial score (nSPS) is 13.7. The number of rotatable bonds is 8. The molecule has 1 aliphatic rings. The van der Waals surface area contributed by atoms with Gasteiger partial charge in [0, 0.05) is 41.1 Å². The Balaban J connectivity index is 1.43. The number of carbonyl (C=O) groups excluding carboxylic acids is 1. The Morgan fingerprint density at radius 2 is 1.86 bits per heavy atom. The molecule has 1 fully saturated rings. The third-order valence-corrected chi connectivity index (χ3v) is 6.49. The molecule has 0 saturated heterocycles. The second kappa shape index (κ2) is 9.78. The molecule has 2 aromatic carbocycles. The van der Waals surface area contributed by atoms with Crippen molar-refractivity contribution >= 4 is 28.4 Å². The van der Waals surface area contributed by atoms with Crippen molar-refractivity contribution in [1.82, 2.24) is 9.13 Å². The van der Waals surface area contributed by atoms with Gasteiger partial charge < -0.3 is 24.3 Å². The molecule has 4 aromatic rings. The molecule has 0 aliphatic heterocycles. The fourth-order valence-corrected chi connectivity index (χ4v) is 4.59. The average Bonchev–Trinajstić information content (AvgIpc) is 3.40. The van der Waals surface area contributed by atoms with Gasteiger partial charge in [-0.3, -0.25) is 5.32 Å². The van der Waals surface area contributed by atoms with E-state index in [-0.39, 0.29) is 6.10 Å².